The number of carboxylic acid groups (broad SMARTS) is 2. The highest BCUT2D eigenvalue weighted by Gasteiger charge is 2.70. The Morgan fingerprint density at radius 2 is 1.38 bits per heavy atom. The molecule has 1 aromatic rings. The molecule has 0 aliphatic heterocycles. The molecule has 2 rings (SSSR count). The molecule has 0 spiro atoms. The van der Waals surface area contributed by atoms with Gasteiger partial charge in [-0.05, 0) is 11.5 Å². The molecule has 1 fully saturated rings. The summed E-state index contributed by atoms with van der Waals surface area (Å²) in [6.45, 7) is 0. The van der Waals surface area contributed by atoms with Crippen molar-refractivity contribution >= 4 is 17.6 Å². The lowest BCUT2D eigenvalue weighted by atomic mass is 9.64. The van der Waals surface area contributed by atoms with Crippen molar-refractivity contribution in [2.24, 2.45) is 0 Å². The summed E-state index contributed by atoms with van der Waals surface area (Å²) < 4.78 is 0. The maximum atomic E-state index is 11.5. The van der Waals surface area contributed by atoms with Gasteiger partial charge in [0.05, 0.1) is 4.92 Å². The zero-order valence-electron chi connectivity index (χ0n) is 13.0. The molecule has 0 radical (unpaired) electrons. The number of nitrogens with zero attached hydrogens (tertiary/aromatic N) is 2. The predicted molar refractivity (Wildman–Crippen MR) is 81.0 cm³/mol. The summed E-state index contributed by atoms with van der Waals surface area (Å²) in [7, 11) is 0. The van der Waals surface area contributed by atoms with Crippen LogP contribution in [0.1, 0.15) is 24.3 Å². The Bertz CT molecular complexity index is 748. The van der Waals surface area contributed by atoms with Gasteiger partial charge in [0.25, 0.3) is 11.7 Å². The number of non-ortho nitro benzene ring substituents is 1. The summed E-state index contributed by atoms with van der Waals surface area (Å²) in [5.74, 6) is -5.20. The van der Waals surface area contributed by atoms with E-state index in [1.807, 2.05) is 0 Å². The molecule has 0 bridgehead atoms. The first-order valence-corrected chi connectivity index (χ1v) is 7.23. The topological polar surface area (TPSA) is 201 Å². The van der Waals surface area contributed by atoms with Gasteiger partial charge in [0, 0.05) is 29.9 Å². The van der Waals surface area contributed by atoms with Crippen molar-refractivity contribution in [3.8, 4) is 0 Å². The highest BCUT2D eigenvalue weighted by atomic mass is 16.6. The number of carboxylic acids is 2. The molecule has 140 valence electrons. The molecule has 0 saturated heterocycles. The zero-order chi connectivity index (χ0) is 19.9. The van der Waals surface area contributed by atoms with Gasteiger partial charge < -0.3 is 20.4 Å². The third-order valence-corrected chi connectivity index (χ3v) is 4.55. The van der Waals surface area contributed by atoms with Crippen molar-refractivity contribution in [3.63, 3.8) is 0 Å². The summed E-state index contributed by atoms with van der Waals surface area (Å²) in [5, 5.41) is 61.2. The van der Waals surface area contributed by atoms with E-state index in [4.69, 9.17) is 0 Å². The molecule has 4 N–H and O–H groups in total. The molecule has 1 saturated carbocycles. The van der Waals surface area contributed by atoms with Crippen LogP contribution in [-0.2, 0) is 9.59 Å². The SMILES string of the molecule is O=C(O)C1(O)CC(c2ccc([N+](=O)[O-])cc2)CC(O)(C(=O)O)C1[N+](=O)[O-]. The van der Waals surface area contributed by atoms with Gasteiger partial charge in [0.15, 0.2) is 0 Å². The Morgan fingerprint density at radius 1 is 0.962 bits per heavy atom. The Morgan fingerprint density at radius 3 is 1.69 bits per heavy atom. The van der Waals surface area contributed by atoms with E-state index in [1.165, 1.54) is 12.1 Å². The van der Waals surface area contributed by atoms with Crippen LogP contribution in [0.5, 0.6) is 0 Å². The molecule has 1 aliphatic rings. The standard InChI is InChI=1S/C14H14N2O10/c17-11(18)13(21)5-8(7-1-3-9(4-2-7)15(23)24)6-14(22,12(19)20)10(13)16(25)26/h1-4,8,10,21-22H,5-6H2,(H,17,18)(H,19,20). The van der Waals surface area contributed by atoms with Crippen LogP contribution in [0.2, 0.25) is 0 Å². The highest BCUT2D eigenvalue weighted by molar-refractivity contribution is 5.84. The van der Waals surface area contributed by atoms with E-state index in [1.54, 1.807) is 0 Å². The van der Waals surface area contributed by atoms with Crippen molar-refractivity contribution in [3.05, 3.63) is 50.1 Å². The number of carbonyl (C=O) groups is 2. The van der Waals surface area contributed by atoms with Gasteiger partial charge in [-0.15, -0.1) is 0 Å². The van der Waals surface area contributed by atoms with Crippen molar-refractivity contribution in [1.82, 2.24) is 0 Å². The molecular weight excluding hydrogens is 356 g/mol. The van der Waals surface area contributed by atoms with E-state index < -0.39 is 57.8 Å². The minimum atomic E-state index is -3.15. The van der Waals surface area contributed by atoms with Crippen LogP contribution in [0.25, 0.3) is 0 Å². The fraction of sp³-hybridized carbons (Fsp3) is 0.429. The fourth-order valence-electron chi connectivity index (χ4n) is 3.30. The number of nitro benzene ring substituents is 1. The molecule has 0 amide bonds. The van der Waals surface area contributed by atoms with E-state index in [9.17, 15) is 50.2 Å². The maximum Gasteiger partial charge on any atom is 0.343 e. The lowest BCUT2D eigenvalue weighted by Gasteiger charge is -2.42. The summed E-state index contributed by atoms with van der Waals surface area (Å²) in [6, 6.07) is 1.88. The normalized spacial score (nSPS) is 31.2. The molecule has 12 heteroatoms. The Labute approximate surface area is 144 Å². The number of aliphatic hydroxyl groups is 2. The van der Waals surface area contributed by atoms with Crippen LogP contribution in [0.4, 0.5) is 5.69 Å². The van der Waals surface area contributed by atoms with E-state index in [0.717, 1.165) is 12.1 Å². The summed E-state index contributed by atoms with van der Waals surface area (Å²) in [6.07, 6.45) is -1.50. The van der Waals surface area contributed by atoms with Gasteiger partial charge in [0.2, 0.25) is 11.2 Å². The number of hydrogen-bond acceptors (Lipinski definition) is 8. The maximum absolute atomic E-state index is 11.5. The first kappa shape index (κ1) is 19.2. The van der Waals surface area contributed by atoms with Crippen molar-refractivity contribution < 1.29 is 39.9 Å². The minimum Gasteiger partial charge on any atom is -0.479 e. The number of rotatable bonds is 5. The minimum absolute atomic E-state index is 0.191. The average molecular weight is 370 g/mol. The summed E-state index contributed by atoms with van der Waals surface area (Å²) in [4.78, 5) is 42.9. The summed E-state index contributed by atoms with van der Waals surface area (Å²) in [5.41, 5.74) is -6.39. The van der Waals surface area contributed by atoms with Crippen LogP contribution >= 0.6 is 0 Å². The van der Waals surface area contributed by atoms with E-state index >= 15 is 0 Å². The van der Waals surface area contributed by atoms with Crippen LogP contribution in [0.15, 0.2) is 24.3 Å². The third kappa shape index (κ3) is 2.95. The molecular formula is C14H14N2O10. The zero-order valence-corrected chi connectivity index (χ0v) is 13.0. The van der Waals surface area contributed by atoms with Crippen LogP contribution in [0, 0.1) is 20.2 Å². The second-order valence-electron chi connectivity index (χ2n) is 6.10. The smallest absolute Gasteiger partial charge is 0.343 e. The summed E-state index contributed by atoms with van der Waals surface area (Å²) >= 11 is 0. The molecule has 2 atom stereocenters. The van der Waals surface area contributed by atoms with Gasteiger partial charge in [-0.1, -0.05) is 12.1 Å². The Hall–Kier alpha value is -3.12. The Kier molecular flexibility index (Phi) is 4.66. The van der Waals surface area contributed by atoms with Crippen molar-refractivity contribution in [2.75, 3.05) is 0 Å². The molecule has 2 unspecified atom stereocenters. The van der Waals surface area contributed by atoms with Crippen molar-refractivity contribution in [1.29, 1.82) is 0 Å². The average Bonchev–Trinajstić information content (AvgIpc) is 2.53. The largest absolute Gasteiger partial charge is 0.479 e. The molecule has 1 aromatic carbocycles. The molecule has 26 heavy (non-hydrogen) atoms. The Balaban J connectivity index is 2.55. The fourth-order valence-corrected chi connectivity index (χ4v) is 3.30. The number of nitro groups is 2. The number of aliphatic carboxylic acids is 2. The quantitative estimate of drug-likeness (QED) is 0.395. The molecule has 1 aliphatic carbocycles. The second-order valence-corrected chi connectivity index (χ2v) is 6.10. The lowest BCUT2D eigenvalue weighted by Crippen LogP contribution is -2.70. The number of benzene rings is 1. The van der Waals surface area contributed by atoms with E-state index in [2.05, 4.69) is 0 Å². The van der Waals surface area contributed by atoms with Gasteiger partial charge in [-0.3, -0.25) is 20.2 Å². The van der Waals surface area contributed by atoms with E-state index in [0.29, 0.717) is 0 Å². The first-order valence-electron chi connectivity index (χ1n) is 7.23. The monoisotopic (exact) mass is 370 g/mol. The predicted octanol–water partition coefficient (Wildman–Crippen LogP) is -0.251. The van der Waals surface area contributed by atoms with Gasteiger partial charge in [-0.25, -0.2) is 9.59 Å². The van der Waals surface area contributed by atoms with Crippen LogP contribution < -0.4 is 0 Å². The van der Waals surface area contributed by atoms with Gasteiger partial charge in [0.1, 0.15) is 0 Å². The molecule has 0 aromatic heterocycles. The highest BCUT2D eigenvalue weighted by Crippen LogP contribution is 2.45. The third-order valence-electron chi connectivity index (χ3n) is 4.55. The molecule has 0 heterocycles. The number of hydrogen-bond donors (Lipinski definition) is 4. The van der Waals surface area contributed by atoms with Crippen molar-refractivity contribution in [2.45, 2.75) is 36.0 Å². The van der Waals surface area contributed by atoms with Gasteiger partial charge in [-0.2, -0.15) is 0 Å². The second kappa shape index (κ2) is 6.31. The van der Waals surface area contributed by atoms with E-state index in [-0.39, 0.29) is 11.3 Å². The lowest BCUT2D eigenvalue weighted by molar-refractivity contribution is -0.565. The van der Waals surface area contributed by atoms with Gasteiger partial charge >= 0.3 is 11.9 Å². The van der Waals surface area contributed by atoms with Crippen LogP contribution in [-0.4, -0.2) is 59.5 Å². The van der Waals surface area contributed by atoms with Crippen LogP contribution in [0.3, 0.4) is 0 Å². The molecule has 12 nitrogen and oxygen atoms in total. The first-order chi connectivity index (χ1) is 11.9.